The predicted molar refractivity (Wildman–Crippen MR) is 104 cm³/mol. The number of hydrogen-bond acceptors (Lipinski definition) is 3. The molecular weight excluding hydrogens is 338 g/mol. The standard InChI is InChI=1S/C21H25N5O/c1-14-12-22-20(15-6-4-7-15)26(14)16-8-5-11-25(13-16)21(27)19-17-9-2-3-10-18(17)23-24-19/h2-3,9-10,12,15-16H,4-8,11,13H2,1H3,(H,23,24). The van der Waals surface area contributed by atoms with Crippen molar-refractivity contribution in [3.63, 3.8) is 0 Å². The lowest BCUT2D eigenvalue weighted by Gasteiger charge is -2.36. The van der Waals surface area contributed by atoms with Gasteiger partial charge in [0, 0.05) is 36.3 Å². The van der Waals surface area contributed by atoms with Gasteiger partial charge in [0.1, 0.15) is 5.82 Å². The molecule has 3 heterocycles. The molecule has 0 bridgehead atoms. The highest BCUT2D eigenvalue weighted by Gasteiger charge is 2.32. The topological polar surface area (TPSA) is 66.8 Å². The molecule has 1 N–H and O–H groups in total. The maximum Gasteiger partial charge on any atom is 0.275 e. The van der Waals surface area contributed by atoms with Gasteiger partial charge in [0.15, 0.2) is 5.69 Å². The first-order valence-corrected chi connectivity index (χ1v) is 9.98. The van der Waals surface area contributed by atoms with Crippen LogP contribution in [0.3, 0.4) is 0 Å². The molecule has 1 atom stereocenters. The molecule has 6 heteroatoms. The molecule has 5 rings (SSSR count). The van der Waals surface area contributed by atoms with E-state index in [1.54, 1.807) is 0 Å². The van der Waals surface area contributed by atoms with Gasteiger partial charge in [-0.2, -0.15) is 5.10 Å². The minimum atomic E-state index is 0.0279. The van der Waals surface area contributed by atoms with E-state index in [9.17, 15) is 4.79 Å². The van der Waals surface area contributed by atoms with Gasteiger partial charge in [0.05, 0.1) is 11.6 Å². The molecule has 0 spiro atoms. The van der Waals surface area contributed by atoms with Gasteiger partial charge in [-0.05, 0) is 38.7 Å². The lowest BCUT2D eigenvalue weighted by atomic mass is 9.84. The van der Waals surface area contributed by atoms with E-state index in [-0.39, 0.29) is 5.91 Å². The van der Waals surface area contributed by atoms with Gasteiger partial charge in [0.25, 0.3) is 5.91 Å². The monoisotopic (exact) mass is 363 g/mol. The Morgan fingerprint density at radius 1 is 1.19 bits per heavy atom. The second kappa shape index (κ2) is 6.51. The van der Waals surface area contributed by atoms with Crippen LogP contribution in [0.1, 0.15) is 66.1 Å². The summed E-state index contributed by atoms with van der Waals surface area (Å²) >= 11 is 0. The number of rotatable bonds is 3. The first-order valence-electron chi connectivity index (χ1n) is 9.98. The fourth-order valence-corrected chi connectivity index (χ4v) is 4.53. The number of imidazole rings is 1. The van der Waals surface area contributed by atoms with Crippen molar-refractivity contribution in [2.45, 2.75) is 51.0 Å². The number of aromatic amines is 1. The Kier molecular flexibility index (Phi) is 3.99. The molecule has 3 aromatic rings. The number of carbonyl (C=O) groups is 1. The second-order valence-corrected chi connectivity index (χ2v) is 7.92. The number of H-pyrrole nitrogens is 1. The van der Waals surface area contributed by atoms with Crippen LogP contribution in [0.15, 0.2) is 30.5 Å². The second-order valence-electron chi connectivity index (χ2n) is 7.92. The van der Waals surface area contributed by atoms with E-state index < -0.39 is 0 Å². The van der Waals surface area contributed by atoms with Gasteiger partial charge >= 0.3 is 0 Å². The van der Waals surface area contributed by atoms with Crippen molar-refractivity contribution in [2.75, 3.05) is 13.1 Å². The van der Waals surface area contributed by atoms with Crippen LogP contribution >= 0.6 is 0 Å². The molecule has 1 amide bonds. The number of benzene rings is 1. The number of fused-ring (bicyclic) bond motifs is 1. The van der Waals surface area contributed by atoms with Gasteiger partial charge in [-0.15, -0.1) is 0 Å². The van der Waals surface area contributed by atoms with Gasteiger partial charge in [-0.3, -0.25) is 9.89 Å². The number of aryl methyl sites for hydroxylation is 1. The van der Waals surface area contributed by atoms with Crippen molar-refractivity contribution in [1.82, 2.24) is 24.6 Å². The van der Waals surface area contributed by atoms with E-state index in [4.69, 9.17) is 4.98 Å². The van der Waals surface area contributed by atoms with Crippen molar-refractivity contribution in [3.8, 4) is 0 Å². The van der Waals surface area contributed by atoms with Gasteiger partial charge in [-0.1, -0.05) is 24.6 Å². The summed E-state index contributed by atoms with van der Waals surface area (Å²) in [6.45, 7) is 3.66. The average Bonchev–Trinajstić information content (AvgIpc) is 3.24. The highest BCUT2D eigenvalue weighted by molar-refractivity contribution is 6.04. The van der Waals surface area contributed by atoms with Crippen molar-refractivity contribution in [2.24, 2.45) is 0 Å². The number of likely N-dealkylation sites (tertiary alicyclic amines) is 1. The third-order valence-corrected chi connectivity index (χ3v) is 6.20. The van der Waals surface area contributed by atoms with Crippen LogP contribution in [0.4, 0.5) is 0 Å². The fraction of sp³-hybridized carbons (Fsp3) is 0.476. The molecule has 2 aromatic heterocycles. The maximum absolute atomic E-state index is 13.2. The first-order chi connectivity index (χ1) is 13.2. The van der Waals surface area contributed by atoms with E-state index in [2.05, 4.69) is 21.7 Å². The van der Waals surface area contributed by atoms with E-state index in [1.165, 1.54) is 30.8 Å². The van der Waals surface area contributed by atoms with E-state index in [0.717, 1.165) is 36.8 Å². The SMILES string of the molecule is Cc1cnc(C2CCC2)n1C1CCCN(C(=O)c2n[nH]c3ccccc23)C1. The Bertz CT molecular complexity index is 984. The van der Waals surface area contributed by atoms with Crippen LogP contribution in [0.25, 0.3) is 10.9 Å². The number of carbonyl (C=O) groups excluding carboxylic acids is 1. The summed E-state index contributed by atoms with van der Waals surface area (Å²) in [5.41, 5.74) is 2.65. The molecule has 1 saturated carbocycles. The number of para-hydroxylation sites is 1. The molecule has 2 fully saturated rings. The highest BCUT2D eigenvalue weighted by atomic mass is 16.2. The highest BCUT2D eigenvalue weighted by Crippen LogP contribution is 2.38. The van der Waals surface area contributed by atoms with Crippen molar-refractivity contribution in [1.29, 1.82) is 0 Å². The molecule has 6 nitrogen and oxygen atoms in total. The largest absolute Gasteiger partial charge is 0.335 e. The minimum Gasteiger partial charge on any atom is -0.335 e. The molecular formula is C21H25N5O. The predicted octanol–water partition coefficient (Wildman–Crippen LogP) is 3.81. The normalized spacial score (nSPS) is 20.8. The first kappa shape index (κ1) is 16.5. The van der Waals surface area contributed by atoms with Crippen LogP contribution in [0.2, 0.25) is 0 Å². The van der Waals surface area contributed by atoms with Gasteiger partial charge in [-0.25, -0.2) is 4.98 Å². The molecule has 1 unspecified atom stereocenters. The van der Waals surface area contributed by atoms with E-state index in [1.807, 2.05) is 35.4 Å². The van der Waals surface area contributed by atoms with E-state index >= 15 is 0 Å². The Morgan fingerprint density at radius 3 is 2.85 bits per heavy atom. The quantitative estimate of drug-likeness (QED) is 0.769. The van der Waals surface area contributed by atoms with Crippen molar-refractivity contribution < 1.29 is 4.79 Å². The van der Waals surface area contributed by atoms with Gasteiger partial charge in [0.2, 0.25) is 0 Å². The summed E-state index contributed by atoms with van der Waals surface area (Å²) in [7, 11) is 0. The summed E-state index contributed by atoms with van der Waals surface area (Å²) < 4.78 is 2.41. The minimum absolute atomic E-state index is 0.0279. The fourth-order valence-electron chi connectivity index (χ4n) is 4.53. The number of hydrogen-bond donors (Lipinski definition) is 1. The third kappa shape index (κ3) is 2.74. The Hall–Kier alpha value is -2.63. The average molecular weight is 363 g/mol. The maximum atomic E-state index is 13.2. The van der Waals surface area contributed by atoms with Crippen LogP contribution in [-0.4, -0.2) is 43.6 Å². The summed E-state index contributed by atoms with van der Waals surface area (Å²) in [6.07, 6.45) is 7.90. The third-order valence-electron chi connectivity index (χ3n) is 6.20. The zero-order chi connectivity index (χ0) is 18.4. The van der Waals surface area contributed by atoms with Gasteiger partial charge < -0.3 is 9.47 Å². The van der Waals surface area contributed by atoms with Crippen LogP contribution in [0, 0.1) is 6.92 Å². The van der Waals surface area contributed by atoms with E-state index in [0.29, 0.717) is 17.7 Å². The smallest absolute Gasteiger partial charge is 0.275 e. The summed E-state index contributed by atoms with van der Waals surface area (Å²) in [5.74, 6) is 1.85. The molecule has 1 saturated heterocycles. The van der Waals surface area contributed by atoms with Crippen LogP contribution < -0.4 is 0 Å². The number of piperidine rings is 1. The van der Waals surface area contributed by atoms with Crippen molar-refractivity contribution in [3.05, 3.63) is 47.7 Å². The lowest BCUT2D eigenvalue weighted by Crippen LogP contribution is -2.41. The number of aromatic nitrogens is 4. The number of nitrogens with zero attached hydrogens (tertiary/aromatic N) is 4. The zero-order valence-electron chi connectivity index (χ0n) is 15.7. The Labute approximate surface area is 158 Å². The number of amides is 1. The molecule has 0 radical (unpaired) electrons. The Morgan fingerprint density at radius 2 is 2.04 bits per heavy atom. The molecule has 2 aliphatic rings. The lowest BCUT2D eigenvalue weighted by molar-refractivity contribution is 0.0671. The number of nitrogens with one attached hydrogen (secondary N) is 1. The molecule has 1 aliphatic heterocycles. The van der Waals surface area contributed by atoms with Crippen LogP contribution in [0.5, 0.6) is 0 Å². The summed E-state index contributed by atoms with van der Waals surface area (Å²) in [5, 5.41) is 8.19. The molecule has 27 heavy (non-hydrogen) atoms. The van der Waals surface area contributed by atoms with Crippen molar-refractivity contribution >= 4 is 16.8 Å². The summed E-state index contributed by atoms with van der Waals surface area (Å²) in [4.78, 5) is 19.9. The van der Waals surface area contributed by atoms with Crippen LogP contribution in [-0.2, 0) is 0 Å². The molecule has 1 aromatic carbocycles. The molecule has 140 valence electrons. The summed E-state index contributed by atoms with van der Waals surface area (Å²) in [6, 6.07) is 8.13. The molecule has 1 aliphatic carbocycles. The Balaban J connectivity index is 1.41. The zero-order valence-corrected chi connectivity index (χ0v) is 15.7.